The van der Waals surface area contributed by atoms with Crippen LogP contribution in [0.15, 0.2) is 18.2 Å². The summed E-state index contributed by atoms with van der Waals surface area (Å²) in [6.45, 7) is 0.711. The highest BCUT2D eigenvalue weighted by Crippen LogP contribution is 2.31. The van der Waals surface area contributed by atoms with Crippen LogP contribution in [0.25, 0.3) is 10.9 Å². The maximum Gasteiger partial charge on any atom is 0.111 e. The Hall–Kier alpha value is -0.700. The third-order valence-corrected chi connectivity index (χ3v) is 2.82. The standard InChI is InChI=1S/C10H10Cl2N2/c1-13-5-6-9-7(11)3-2-4-8(9)14-10(6)12/h2-4,13-14H,5H2,1H3. The number of hydrogen-bond donors (Lipinski definition) is 2. The Labute approximate surface area is 92.2 Å². The van der Waals surface area contributed by atoms with Crippen molar-refractivity contribution >= 4 is 34.1 Å². The minimum absolute atomic E-state index is 0.655. The van der Waals surface area contributed by atoms with Gasteiger partial charge < -0.3 is 10.3 Å². The molecule has 0 spiro atoms. The molecular formula is C10H10Cl2N2. The van der Waals surface area contributed by atoms with Gasteiger partial charge in [0.15, 0.2) is 0 Å². The van der Waals surface area contributed by atoms with E-state index in [-0.39, 0.29) is 0 Å². The highest BCUT2D eigenvalue weighted by molar-refractivity contribution is 6.37. The van der Waals surface area contributed by atoms with Crippen molar-refractivity contribution in [1.82, 2.24) is 10.3 Å². The SMILES string of the molecule is CNCc1c(Cl)[nH]c2cccc(Cl)c12. The van der Waals surface area contributed by atoms with Crippen LogP contribution in [0, 0.1) is 0 Å². The smallest absolute Gasteiger partial charge is 0.111 e. The molecule has 1 aromatic carbocycles. The summed E-state index contributed by atoms with van der Waals surface area (Å²) in [4.78, 5) is 3.09. The lowest BCUT2D eigenvalue weighted by Gasteiger charge is -1.99. The Bertz CT molecular complexity index is 462. The molecule has 0 fully saturated rings. The number of H-pyrrole nitrogens is 1. The molecule has 0 amide bonds. The first-order chi connectivity index (χ1) is 6.74. The summed E-state index contributed by atoms with van der Waals surface area (Å²) in [5.41, 5.74) is 2.00. The van der Waals surface area contributed by atoms with Crippen molar-refractivity contribution in [2.45, 2.75) is 6.54 Å². The quantitative estimate of drug-likeness (QED) is 0.813. The van der Waals surface area contributed by atoms with Gasteiger partial charge in [-0.1, -0.05) is 29.3 Å². The molecule has 2 N–H and O–H groups in total. The van der Waals surface area contributed by atoms with E-state index in [4.69, 9.17) is 23.2 Å². The second-order valence-electron chi connectivity index (χ2n) is 3.11. The first kappa shape index (κ1) is 9.84. The first-order valence-corrected chi connectivity index (χ1v) is 5.09. The molecular weight excluding hydrogens is 219 g/mol. The Morgan fingerprint density at radius 1 is 1.36 bits per heavy atom. The molecule has 2 aromatic rings. The molecule has 4 heteroatoms. The largest absolute Gasteiger partial charge is 0.345 e. The van der Waals surface area contributed by atoms with Crippen molar-refractivity contribution in [3.05, 3.63) is 33.9 Å². The van der Waals surface area contributed by atoms with Crippen molar-refractivity contribution in [3.8, 4) is 0 Å². The molecule has 74 valence electrons. The highest BCUT2D eigenvalue weighted by Gasteiger charge is 2.11. The molecule has 14 heavy (non-hydrogen) atoms. The minimum atomic E-state index is 0.655. The summed E-state index contributed by atoms with van der Waals surface area (Å²) < 4.78 is 0. The number of aromatic nitrogens is 1. The molecule has 0 radical (unpaired) electrons. The van der Waals surface area contributed by atoms with E-state index in [1.807, 2.05) is 25.2 Å². The van der Waals surface area contributed by atoms with Gasteiger partial charge in [-0.15, -0.1) is 0 Å². The monoisotopic (exact) mass is 228 g/mol. The number of hydrogen-bond acceptors (Lipinski definition) is 1. The normalized spacial score (nSPS) is 11.1. The summed E-state index contributed by atoms with van der Waals surface area (Å²) in [6, 6.07) is 5.74. The van der Waals surface area contributed by atoms with Gasteiger partial charge in [-0.2, -0.15) is 0 Å². The van der Waals surface area contributed by atoms with Crippen LogP contribution in [0.1, 0.15) is 5.56 Å². The molecule has 0 atom stereocenters. The van der Waals surface area contributed by atoms with Crippen LogP contribution < -0.4 is 5.32 Å². The average molecular weight is 229 g/mol. The van der Waals surface area contributed by atoms with Crippen LogP contribution in [0.4, 0.5) is 0 Å². The third kappa shape index (κ3) is 1.50. The molecule has 1 heterocycles. The fourth-order valence-corrected chi connectivity index (χ4v) is 2.13. The van der Waals surface area contributed by atoms with Crippen molar-refractivity contribution in [2.75, 3.05) is 7.05 Å². The van der Waals surface area contributed by atoms with Crippen LogP contribution in [-0.4, -0.2) is 12.0 Å². The Balaban J connectivity index is 2.73. The molecule has 0 aliphatic heterocycles. The lowest BCUT2D eigenvalue weighted by atomic mass is 10.2. The average Bonchev–Trinajstić information content (AvgIpc) is 2.45. The molecule has 0 aliphatic carbocycles. The summed E-state index contributed by atoms with van der Waals surface area (Å²) in [5.74, 6) is 0. The topological polar surface area (TPSA) is 27.8 Å². The Morgan fingerprint density at radius 2 is 2.14 bits per heavy atom. The van der Waals surface area contributed by atoms with E-state index in [0.717, 1.165) is 21.5 Å². The van der Waals surface area contributed by atoms with Crippen molar-refractivity contribution in [1.29, 1.82) is 0 Å². The van der Waals surface area contributed by atoms with Gasteiger partial charge >= 0.3 is 0 Å². The molecule has 2 rings (SSSR count). The number of fused-ring (bicyclic) bond motifs is 1. The van der Waals surface area contributed by atoms with E-state index in [2.05, 4.69) is 10.3 Å². The highest BCUT2D eigenvalue weighted by atomic mass is 35.5. The molecule has 0 saturated carbocycles. The summed E-state index contributed by atoms with van der Waals surface area (Å²) >= 11 is 12.2. The maximum absolute atomic E-state index is 6.10. The van der Waals surface area contributed by atoms with Crippen LogP contribution in [-0.2, 0) is 6.54 Å². The van der Waals surface area contributed by atoms with Crippen LogP contribution in [0.5, 0.6) is 0 Å². The van der Waals surface area contributed by atoms with E-state index in [1.165, 1.54) is 0 Å². The Morgan fingerprint density at radius 3 is 2.86 bits per heavy atom. The van der Waals surface area contributed by atoms with E-state index in [1.54, 1.807) is 0 Å². The van der Waals surface area contributed by atoms with E-state index < -0.39 is 0 Å². The van der Waals surface area contributed by atoms with Gasteiger partial charge in [0.25, 0.3) is 0 Å². The molecule has 0 bridgehead atoms. The fourth-order valence-electron chi connectivity index (χ4n) is 1.58. The second-order valence-corrected chi connectivity index (χ2v) is 3.90. The zero-order valence-corrected chi connectivity index (χ0v) is 9.21. The summed E-state index contributed by atoms with van der Waals surface area (Å²) in [6.07, 6.45) is 0. The van der Waals surface area contributed by atoms with Gasteiger partial charge in [0.05, 0.1) is 5.02 Å². The Kier molecular flexibility index (Phi) is 2.68. The number of halogens is 2. The molecule has 2 nitrogen and oxygen atoms in total. The van der Waals surface area contributed by atoms with Gasteiger partial charge in [0.2, 0.25) is 0 Å². The summed E-state index contributed by atoms with van der Waals surface area (Å²) in [5, 5.41) is 5.46. The van der Waals surface area contributed by atoms with Gasteiger partial charge in [-0.25, -0.2) is 0 Å². The molecule has 0 unspecified atom stereocenters. The summed E-state index contributed by atoms with van der Waals surface area (Å²) in [7, 11) is 1.88. The molecule has 0 saturated heterocycles. The number of nitrogens with one attached hydrogen (secondary N) is 2. The zero-order chi connectivity index (χ0) is 10.1. The fraction of sp³-hybridized carbons (Fsp3) is 0.200. The van der Waals surface area contributed by atoms with E-state index >= 15 is 0 Å². The van der Waals surface area contributed by atoms with Crippen LogP contribution in [0.3, 0.4) is 0 Å². The number of benzene rings is 1. The zero-order valence-electron chi connectivity index (χ0n) is 7.70. The first-order valence-electron chi connectivity index (χ1n) is 4.33. The maximum atomic E-state index is 6.10. The van der Waals surface area contributed by atoms with Crippen LogP contribution >= 0.6 is 23.2 Å². The molecule has 0 aliphatic rings. The second kappa shape index (κ2) is 3.81. The van der Waals surface area contributed by atoms with Crippen molar-refractivity contribution in [2.24, 2.45) is 0 Å². The van der Waals surface area contributed by atoms with Crippen molar-refractivity contribution in [3.63, 3.8) is 0 Å². The van der Waals surface area contributed by atoms with E-state index in [9.17, 15) is 0 Å². The third-order valence-electron chi connectivity index (χ3n) is 2.18. The van der Waals surface area contributed by atoms with Gasteiger partial charge in [0, 0.05) is 23.0 Å². The number of rotatable bonds is 2. The molecule has 1 aromatic heterocycles. The van der Waals surface area contributed by atoms with Crippen LogP contribution in [0.2, 0.25) is 10.2 Å². The lowest BCUT2D eigenvalue weighted by Crippen LogP contribution is -2.04. The lowest BCUT2D eigenvalue weighted by molar-refractivity contribution is 0.823. The van der Waals surface area contributed by atoms with Crippen molar-refractivity contribution < 1.29 is 0 Å². The van der Waals surface area contributed by atoms with E-state index in [0.29, 0.717) is 11.7 Å². The van der Waals surface area contributed by atoms with Gasteiger partial charge in [-0.3, -0.25) is 0 Å². The minimum Gasteiger partial charge on any atom is -0.345 e. The predicted octanol–water partition coefficient (Wildman–Crippen LogP) is 3.19. The number of aromatic amines is 1. The van der Waals surface area contributed by atoms with Gasteiger partial charge in [-0.05, 0) is 19.2 Å². The van der Waals surface area contributed by atoms with Gasteiger partial charge in [0.1, 0.15) is 5.15 Å². The predicted molar refractivity (Wildman–Crippen MR) is 61.1 cm³/mol.